The topological polar surface area (TPSA) is 56.7 Å². The van der Waals surface area contributed by atoms with Crippen LogP contribution >= 0.6 is 0 Å². The molecular weight excluding hydrogens is 685 g/mol. The van der Waals surface area contributed by atoms with Crippen LogP contribution in [0.1, 0.15) is 0 Å². The lowest BCUT2D eigenvalue weighted by atomic mass is 10.00. The van der Waals surface area contributed by atoms with E-state index in [0.717, 1.165) is 55.4 Å². The molecule has 0 atom stereocenters. The Hall–Kier alpha value is -7.63. The summed E-state index contributed by atoms with van der Waals surface area (Å²) in [6.45, 7) is 0. The largest absolute Gasteiger partial charge is 0.455 e. The number of para-hydroxylation sites is 2. The lowest BCUT2D eigenvalue weighted by Gasteiger charge is -2.11. The van der Waals surface area contributed by atoms with Crippen molar-refractivity contribution >= 4 is 43.7 Å². The maximum Gasteiger partial charge on any atom is 0.167 e. The lowest BCUT2D eigenvalue weighted by Crippen LogP contribution is -2.00. The summed E-state index contributed by atoms with van der Waals surface area (Å²) in [5, 5.41) is 4.48. The number of hydrogen-bond donors (Lipinski definition) is 0. The lowest BCUT2D eigenvalue weighted by molar-refractivity contribution is 0.669. The van der Waals surface area contributed by atoms with Gasteiger partial charge in [0, 0.05) is 38.4 Å². The van der Waals surface area contributed by atoms with Gasteiger partial charge in [0.15, 0.2) is 17.5 Å². The van der Waals surface area contributed by atoms with Crippen molar-refractivity contribution in [2.45, 2.75) is 0 Å². The third-order valence-electron chi connectivity index (χ3n) is 10.7. The molecule has 11 rings (SSSR count). The summed E-state index contributed by atoms with van der Waals surface area (Å²) in [6, 6.07) is 67.6. The van der Waals surface area contributed by atoms with Crippen LogP contribution in [0.4, 0.5) is 0 Å². The molecule has 0 N–H and O–H groups in total. The highest BCUT2D eigenvalue weighted by atomic mass is 16.3. The van der Waals surface area contributed by atoms with E-state index in [9.17, 15) is 0 Å². The smallest absolute Gasteiger partial charge is 0.167 e. The summed E-state index contributed by atoms with van der Waals surface area (Å²) in [7, 11) is 0. The Labute approximate surface area is 322 Å². The predicted octanol–water partition coefficient (Wildman–Crippen LogP) is 13.2. The molecule has 0 unspecified atom stereocenters. The molecule has 0 saturated heterocycles. The Bertz CT molecular complexity index is 3180. The van der Waals surface area contributed by atoms with Gasteiger partial charge in [0.25, 0.3) is 0 Å². The maximum absolute atomic E-state index is 6.64. The second-order valence-corrected chi connectivity index (χ2v) is 14.0. The van der Waals surface area contributed by atoms with Crippen molar-refractivity contribution < 1.29 is 4.42 Å². The van der Waals surface area contributed by atoms with Crippen molar-refractivity contribution in [1.82, 2.24) is 19.5 Å². The molecule has 56 heavy (non-hydrogen) atoms. The van der Waals surface area contributed by atoms with Crippen molar-refractivity contribution in [1.29, 1.82) is 0 Å². The average molecular weight is 717 g/mol. The number of furan rings is 1. The van der Waals surface area contributed by atoms with Crippen LogP contribution in [-0.4, -0.2) is 19.5 Å². The van der Waals surface area contributed by atoms with Crippen LogP contribution in [0.2, 0.25) is 0 Å². The van der Waals surface area contributed by atoms with E-state index >= 15 is 0 Å². The second kappa shape index (κ2) is 13.0. The molecule has 0 aliphatic carbocycles. The minimum atomic E-state index is 0.568. The van der Waals surface area contributed by atoms with Crippen LogP contribution in [0.3, 0.4) is 0 Å². The zero-order chi connectivity index (χ0) is 37.0. The molecule has 0 amide bonds. The van der Waals surface area contributed by atoms with Crippen molar-refractivity contribution in [3.63, 3.8) is 0 Å². The standard InChI is InChI=1S/C51H32N4O/c1-4-14-33(15-5-1)36-20-12-21-39(30-36)55-45-25-11-10-22-40(45)43-31-37(26-28-46(43)55)38-27-29-47-44(32-38)41-23-13-24-42(48(41)56-47)51-53-49(34-16-6-2-7-17-34)52-50(54-51)35-18-8-3-9-19-35/h1-32H. The van der Waals surface area contributed by atoms with Crippen LogP contribution in [0.15, 0.2) is 199 Å². The van der Waals surface area contributed by atoms with Gasteiger partial charge < -0.3 is 8.98 Å². The Kier molecular flexibility index (Phi) is 7.42. The number of rotatable bonds is 6. The van der Waals surface area contributed by atoms with E-state index in [-0.39, 0.29) is 0 Å². The number of benzene rings is 8. The number of fused-ring (bicyclic) bond motifs is 6. The first-order valence-corrected chi connectivity index (χ1v) is 18.8. The number of hydrogen-bond acceptors (Lipinski definition) is 4. The molecule has 8 aromatic carbocycles. The van der Waals surface area contributed by atoms with Crippen molar-refractivity contribution in [2.75, 3.05) is 0 Å². The zero-order valence-electron chi connectivity index (χ0n) is 30.2. The van der Waals surface area contributed by atoms with Crippen molar-refractivity contribution in [2.24, 2.45) is 0 Å². The average Bonchev–Trinajstić information content (AvgIpc) is 3.82. The highest BCUT2D eigenvalue weighted by Crippen LogP contribution is 2.40. The van der Waals surface area contributed by atoms with Gasteiger partial charge in [0.2, 0.25) is 0 Å². The van der Waals surface area contributed by atoms with E-state index in [1.807, 2.05) is 66.7 Å². The molecule has 5 nitrogen and oxygen atoms in total. The quantitative estimate of drug-likeness (QED) is 0.172. The van der Waals surface area contributed by atoms with Gasteiger partial charge in [-0.2, -0.15) is 0 Å². The summed E-state index contributed by atoms with van der Waals surface area (Å²) in [5.41, 5.74) is 12.4. The Balaban J connectivity index is 1.03. The first-order chi connectivity index (χ1) is 27.7. The third-order valence-corrected chi connectivity index (χ3v) is 10.7. The molecule has 0 bridgehead atoms. The van der Waals surface area contributed by atoms with Gasteiger partial charge in [-0.15, -0.1) is 0 Å². The van der Waals surface area contributed by atoms with Crippen LogP contribution in [0, 0.1) is 0 Å². The fourth-order valence-electron chi connectivity index (χ4n) is 7.97. The normalized spacial score (nSPS) is 11.6. The van der Waals surface area contributed by atoms with Crippen molar-refractivity contribution in [3.8, 4) is 62.1 Å². The SMILES string of the molecule is c1ccc(-c2cccc(-n3c4ccccc4c4cc(-c5ccc6oc7c(-c8nc(-c9ccccc9)nc(-c9ccccc9)n8)cccc7c6c5)ccc43)c2)cc1. The van der Waals surface area contributed by atoms with Gasteiger partial charge in [-0.3, -0.25) is 0 Å². The number of aromatic nitrogens is 4. The van der Waals surface area contributed by atoms with E-state index in [2.05, 4.69) is 132 Å². The van der Waals surface area contributed by atoms with Crippen LogP contribution in [0.5, 0.6) is 0 Å². The van der Waals surface area contributed by atoms with Crippen LogP contribution in [0.25, 0.3) is 106 Å². The molecule has 262 valence electrons. The molecule has 5 heteroatoms. The zero-order valence-corrected chi connectivity index (χ0v) is 30.2. The Morgan fingerprint density at radius 2 is 0.875 bits per heavy atom. The van der Waals surface area contributed by atoms with Crippen LogP contribution < -0.4 is 0 Å². The minimum Gasteiger partial charge on any atom is -0.455 e. The van der Waals surface area contributed by atoms with E-state index < -0.39 is 0 Å². The van der Waals surface area contributed by atoms with Crippen molar-refractivity contribution in [3.05, 3.63) is 194 Å². The van der Waals surface area contributed by atoms with Gasteiger partial charge in [-0.05, 0) is 70.8 Å². The summed E-state index contributed by atoms with van der Waals surface area (Å²) < 4.78 is 9.02. The molecule has 3 aromatic heterocycles. The fourth-order valence-corrected chi connectivity index (χ4v) is 7.97. The summed E-state index contributed by atoms with van der Waals surface area (Å²) in [5.74, 6) is 1.80. The van der Waals surface area contributed by atoms with E-state index in [1.54, 1.807) is 0 Å². The molecule has 0 fully saturated rings. The third kappa shape index (κ3) is 5.37. The fraction of sp³-hybridized carbons (Fsp3) is 0. The number of nitrogens with zero attached hydrogens (tertiary/aromatic N) is 4. The molecule has 11 aromatic rings. The summed E-state index contributed by atoms with van der Waals surface area (Å²) in [6.07, 6.45) is 0. The summed E-state index contributed by atoms with van der Waals surface area (Å²) >= 11 is 0. The molecule has 0 spiro atoms. The molecular formula is C51H32N4O. The second-order valence-electron chi connectivity index (χ2n) is 14.0. The van der Waals surface area contributed by atoms with E-state index in [4.69, 9.17) is 19.4 Å². The Morgan fingerprint density at radius 3 is 1.61 bits per heavy atom. The Morgan fingerprint density at radius 1 is 0.339 bits per heavy atom. The first kappa shape index (κ1) is 31.9. The van der Waals surface area contributed by atoms with Gasteiger partial charge in [0.1, 0.15) is 11.2 Å². The molecule has 0 saturated carbocycles. The van der Waals surface area contributed by atoms with Gasteiger partial charge >= 0.3 is 0 Å². The van der Waals surface area contributed by atoms with Crippen LogP contribution in [-0.2, 0) is 0 Å². The van der Waals surface area contributed by atoms with E-state index in [1.165, 1.54) is 32.9 Å². The maximum atomic E-state index is 6.64. The summed E-state index contributed by atoms with van der Waals surface area (Å²) in [4.78, 5) is 14.9. The van der Waals surface area contributed by atoms with Gasteiger partial charge in [-0.25, -0.2) is 15.0 Å². The highest BCUT2D eigenvalue weighted by Gasteiger charge is 2.19. The molecule has 0 radical (unpaired) electrons. The minimum absolute atomic E-state index is 0.568. The molecule has 0 aliphatic heterocycles. The predicted molar refractivity (Wildman–Crippen MR) is 229 cm³/mol. The van der Waals surface area contributed by atoms with Gasteiger partial charge in [0.05, 0.1) is 16.6 Å². The van der Waals surface area contributed by atoms with E-state index in [0.29, 0.717) is 17.5 Å². The van der Waals surface area contributed by atoms with Gasteiger partial charge in [-0.1, -0.05) is 146 Å². The molecule has 0 aliphatic rings. The highest BCUT2D eigenvalue weighted by molar-refractivity contribution is 6.12. The first-order valence-electron chi connectivity index (χ1n) is 18.8. The monoisotopic (exact) mass is 716 g/mol. The molecule has 3 heterocycles.